The smallest absolute Gasteiger partial charge is 0.226 e. The van der Waals surface area contributed by atoms with Gasteiger partial charge in [-0.25, -0.2) is 0 Å². The maximum atomic E-state index is 9.19. The number of anilines is 1. The Morgan fingerprint density at radius 3 is 2.79 bits per heavy atom. The Balaban J connectivity index is 2.35. The fraction of sp³-hybridized carbons (Fsp3) is 0.583. The highest BCUT2D eigenvalue weighted by atomic mass is 35.5. The number of aliphatic hydroxyl groups is 1. The fourth-order valence-electron chi connectivity index (χ4n) is 1.93. The van der Waals surface area contributed by atoms with Gasteiger partial charge >= 0.3 is 0 Å². The maximum Gasteiger partial charge on any atom is 0.226 e. The van der Waals surface area contributed by atoms with Gasteiger partial charge in [-0.05, 0) is 23.4 Å². The molecule has 2 rings (SSSR count). The molecule has 2 aromatic rings. The molecule has 3 N–H and O–H groups in total. The van der Waals surface area contributed by atoms with Gasteiger partial charge < -0.3 is 10.4 Å². The number of hydrogen-bond acceptors (Lipinski definition) is 5. The van der Waals surface area contributed by atoms with Crippen molar-refractivity contribution in [2.24, 2.45) is 5.41 Å². The van der Waals surface area contributed by atoms with Crippen LogP contribution < -0.4 is 5.32 Å². The normalized spacial score (nSPS) is 13.7. The van der Waals surface area contributed by atoms with Crippen LogP contribution in [0.5, 0.6) is 0 Å². The minimum atomic E-state index is -0.0176. The van der Waals surface area contributed by atoms with E-state index in [1.54, 1.807) is 6.20 Å². The molecule has 0 saturated carbocycles. The Morgan fingerprint density at radius 1 is 1.42 bits per heavy atom. The number of hydrogen-bond donors (Lipinski definition) is 3. The van der Waals surface area contributed by atoms with Crippen LogP contribution in [0.2, 0.25) is 5.28 Å². The Kier molecular flexibility index (Phi) is 3.91. The van der Waals surface area contributed by atoms with Crippen LogP contribution >= 0.6 is 11.6 Å². The van der Waals surface area contributed by atoms with E-state index >= 15 is 0 Å². The predicted octanol–water partition coefficient (Wildman–Crippen LogP) is 2.22. The Hall–Kier alpha value is -1.40. The Bertz CT molecular complexity index is 563. The molecule has 7 heteroatoms. The molecule has 0 fully saturated rings. The third kappa shape index (κ3) is 3.13. The molecular formula is C12H18ClN5O. The van der Waals surface area contributed by atoms with E-state index in [1.165, 1.54) is 0 Å². The molecule has 0 radical (unpaired) electrons. The van der Waals surface area contributed by atoms with Crippen LogP contribution in [0.1, 0.15) is 27.2 Å². The zero-order chi connectivity index (χ0) is 14.0. The topological polar surface area (TPSA) is 86.7 Å². The second kappa shape index (κ2) is 5.30. The second-order valence-electron chi connectivity index (χ2n) is 5.55. The summed E-state index contributed by atoms with van der Waals surface area (Å²) in [7, 11) is 0. The molecule has 0 aliphatic carbocycles. The van der Waals surface area contributed by atoms with Gasteiger partial charge in [-0.2, -0.15) is 15.1 Å². The lowest BCUT2D eigenvalue weighted by Gasteiger charge is -2.31. The van der Waals surface area contributed by atoms with E-state index in [-0.39, 0.29) is 23.3 Å². The average molecular weight is 284 g/mol. The van der Waals surface area contributed by atoms with Crippen molar-refractivity contribution in [1.29, 1.82) is 0 Å². The molecule has 0 saturated heterocycles. The molecule has 1 atom stereocenters. The van der Waals surface area contributed by atoms with Crippen LogP contribution in [0.3, 0.4) is 0 Å². The molecule has 1 unspecified atom stereocenters. The number of halogens is 1. The third-order valence-corrected chi connectivity index (χ3v) is 3.23. The highest BCUT2D eigenvalue weighted by Crippen LogP contribution is 2.28. The predicted molar refractivity (Wildman–Crippen MR) is 75.3 cm³/mol. The second-order valence-corrected chi connectivity index (χ2v) is 5.89. The first-order chi connectivity index (χ1) is 8.91. The number of fused-ring (bicyclic) bond motifs is 1. The summed E-state index contributed by atoms with van der Waals surface area (Å²) in [6, 6.07) is 0.0709. The van der Waals surface area contributed by atoms with E-state index in [2.05, 4.69) is 46.3 Å². The number of rotatable bonds is 4. The van der Waals surface area contributed by atoms with E-state index in [0.29, 0.717) is 17.9 Å². The highest BCUT2D eigenvalue weighted by Gasteiger charge is 2.25. The number of aliphatic hydroxyl groups excluding tert-OH is 1. The van der Waals surface area contributed by atoms with Crippen LogP contribution in [-0.2, 0) is 0 Å². The first-order valence-electron chi connectivity index (χ1n) is 6.16. The van der Waals surface area contributed by atoms with Crippen molar-refractivity contribution in [3.05, 3.63) is 11.5 Å². The van der Waals surface area contributed by atoms with Gasteiger partial charge in [0.25, 0.3) is 0 Å². The van der Waals surface area contributed by atoms with E-state index in [9.17, 15) is 5.11 Å². The number of aromatic nitrogens is 4. The number of aromatic amines is 1. The lowest BCUT2D eigenvalue weighted by atomic mass is 9.85. The van der Waals surface area contributed by atoms with Gasteiger partial charge in [-0.1, -0.05) is 20.8 Å². The molecule has 0 amide bonds. The van der Waals surface area contributed by atoms with Crippen LogP contribution in [-0.4, -0.2) is 37.9 Å². The fourth-order valence-corrected chi connectivity index (χ4v) is 2.10. The number of H-pyrrole nitrogens is 1. The average Bonchev–Trinajstić information content (AvgIpc) is 2.74. The standard InChI is InChI=1S/C12H18ClN5O/c1-12(2,3)8(4-5-19)15-9-7-6-14-18-10(7)17-11(13)16-9/h6,8,19H,4-5H2,1-3H3,(H2,14,15,16,17,18). The molecule has 0 spiro atoms. The molecule has 0 aliphatic rings. The van der Waals surface area contributed by atoms with Gasteiger partial charge in [0, 0.05) is 12.6 Å². The molecule has 2 heterocycles. The Morgan fingerprint density at radius 2 is 2.16 bits per heavy atom. The zero-order valence-electron chi connectivity index (χ0n) is 11.2. The van der Waals surface area contributed by atoms with Gasteiger partial charge in [0.2, 0.25) is 5.28 Å². The van der Waals surface area contributed by atoms with Crippen LogP contribution in [0.15, 0.2) is 6.20 Å². The maximum absolute atomic E-state index is 9.19. The minimum Gasteiger partial charge on any atom is -0.396 e. The van der Waals surface area contributed by atoms with Gasteiger partial charge in [0.1, 0.15) is 5.82 Å². The summed E-state index contributed by atoms with van der Waals surface area (Å²) in [4.78, 5) is 8.27. The molecule has 0 aliphatic heterocycles. The summed E-state index contributed by atoms with van der Waals surface area (Å²) < 4.78 is 0. The van der Waals surface area contributed by atoms with Crippen LogP contribution in [0, 0.1) is 5.41 Å². The first kappa shape index (κ1) is 14.0. The monoisotopic (exact) mass is 283 g/mol. The molecule has 0 aromatic carbocycles. The minimum absolute atomic E-state index is 0.0176. The molecule has 104 valence electrons. The van der Waals surface area contributed by atoms with Gasteiger partial charge in [0.15, 0.2) is 5.65 Å². The van der Waals surface area contributed by atoms with Gasteiger partial charge in [0.05, 0.1) is 11.6 Å². The molecule has 0 bridgehead atoms. The van der Waals surface area contributed by atoms with Crippen molar-refractivity contribution in [3.8, 4) is 0 Å². The Labute approximate surface area is 116 Å². The van der Waals surface area contributed by atoms with Crippen molar-refractivity contribution in [3.63, 3.8) is 0 Å². The SMILES string of the molecule is CC(C)(C)C(CCO)Nc1nc(Cl)nc2[nH]ncc12. The number of nitrogens with zero attached hydrogens (tertiary/aromatic N) is 3. The summed E-state index contributed by atoms with van der Waals surface area (Å²) in [5.41, 5.74) is 0.579. The summed E-state index contributed by atoms with van der Waals surface area (Å²) in [6.07, 6.45) is 2.29. The van der Waals surface area contributed by atoms with E-state index in [4.69, 9.17) is 11.6 Å². The van der Waals surface area contributed by atoms with Crippen LogP contribution in [0.4, 0.5) is 5.82 Å². The van der Waals surface area contributed by atoms with E-state index in [1.807, 2.05) is 0 Å². The van der Waals surface area contributed by atoms with Crippen molar-refractivity contribution in [1.82, 2.24) is 20.2 Å². The van der Waals surface area contributed by atoms with E-state index in [0.717, 1.165) is 5.39 Å². The number of nitrogens with one attached hydrogen (secondary N) is 2. The summed E-state index contributed by atoms with van der Waals surface area (Å²) in [5.74, 6) is 0.636. The van der Waals surface area contributed by atoms with Crippen LogP contribution in [0.25, 0.3) is 11.0 Å². The van der Waals surface area contributed by atoms with Crippen molar-refractivity contribution in [2.45, 2.75) is 33.2 Å². The lowest BCUT2D eigenvalue weighted by Crippen LogP contribution is -2.35. The summed E-state index contributed by atoms with van der Waals surface area (Å²) in [6.45, 7) is 6.43. The van der Waals surface area contributed by atoms with Crippen molar-refractivity contribution < 1.29 is 5.11 Å². The third-order valence-electron chi connectivity index (χ3n) is 3.06. The first-order valence-corrected chi connectivity index (χ1v) is 6.53. The van der Waals surface area contributed by atoms with Crippen molar-refractivity contribution in [2.75, 3.05) is 11.9 Å². The van der Waals surface area contributed by atoms with Gasteiger partial charge in [-0.3, -0.25) is 5.10 Å². The van der Waals surface area contributed by atoms with Crippen molar-refractivity contribution >= 4 is 28.5 Å². The molecular weight excluding hydrogens is 266 g/mol. The molecule has 6 nitrogen and oxygen atoms in total. The quantitative estimate of drug-likeness (QED) is 0.749. The summed E-state index contributed by atoms with van der Waals surface area (Å²) >= 11 is 5.90. The zero-order valence-corrected chi connectivity index (χ0v) is 12.0. The molecule has 2 aromatic heterocycles. The summed E-state index contributed by atoms with van der Waals surface area (Å²) in [5, 5.41) is 20.2. The van der Waals surface area contributed by atoms with Gasteiger partial charge in [-0.15, -0.1) is 0 Å². The van der Waals surface area contributed by atoms with E-state index < -0.39 is 0 Å². The largest absolute Gasteiger partial charge is 0.396 e. The lowest BCUT2D eigenvalue weighted by molar-refractivity contribution is 0.235. The highest BCUT2D eigenvalue weighted by molar-refractivity contribution is 6.28. The molecule has 19 heavy (non-hydrogen) atoms.